The van der Waals surface area contributed by atoms with Crippen LogP contribution in [-0.4, -0.2) is 32.1 Å². The molecule has 0 saturated carbocycles. The topological polar surface area (TPSA) is 107 Å². The van der Waals surface area contributed by atoms with Gasteiger partial charge in [0.25, 0.3) is 0 Å². The molecule has 0 amide bonds. The van der Waals surface area contributed by atoms with Crippen LogP contribution in [0.25, 0.3) is 0 Å². The molecule has 16 heavy (non-hydrogen) atoms. The summed E-state index contributed by atoms with van der Waals surface area (Å²) < 4.78 is 6.88. The van der Waals surface area contributed by atoms with Crippen molar-refractivity contribution >= 4 is 0 Å². The Labute approximate surface area is 91.8 Å². The molecule has 8 nitrogen and oxygen atoms in total. The molecule has 0 aliphatic rings. The molecule has 0 bridgehead atoms. The summed E-state index contributed by atoms with van der Waals surface area (Å²) in [6.45, 7) is 0. The van der Waals surface area contributed by atoms with Crippen LogP contribution in [0.1, 0.15) is 17.6 Å². The highest BCUT2D eigenvalue weighted by Crippen LogP contribution is 2.26. The zero-order valence-corrected chi connectivity index (χ0v) is 9.01. The van der Waals surface area contributed by atoms with Gasteiger partial charge >= 0.3 is 0 Å². The molecule has 0 aliphatic heterocycles. The SMILES string of the molecule is COc1cnn(C)c1C(NN)c1ncn[nH]1. The number of aromatic amines is 1. The minimum Gasteiger partial charge on any atom is -0.493 e. The largest absolute Gasteiger partial charge is 0.493 e. The summed E-state index contributed by atoms with van der Waals surface area (Å²) in [5, 5.41) is 10.6. The van der Waals surface area contributed by atoms with E-state index < -0.39 is 0 Å². The number of nitrogens with zero attached hydrogens (tertiary/aromatic N) is 4. The summed E-state index contributed by atoms with van der Waals surface area (Å²) in [7, 11) is 3.38. The molecular formula is C8H13N7O. The van der Waals surface area contributed by atoms with Crippen molar-refractivity contribution < 1.29 is 4.74 Å². The number of hydrogen-bond donors (Lipinski definition) is 3. The molecule has 2 aromatic heterocycles. The number of nitrogens with one attached hydrogen (secondary N) is 2. The normalized spacial score (nSPS) is 12.7. The number of ether oxygens (including phenoxy) is 1. The Morgan fingerprint density at radius 3 is 3.00 bits per heavy atom. The van der Waals surface area contributed by atoms with Crippen LogP contribution in [0.4, 0.5) is 0 Å². The number of aryl methyl sites for hydroxylation is 1. The fraction of sp³-hybridized carbons (Fsp3) is 0.375. The summed E-state index contributed by atoms with van der Waals surface area (Å²) in [5.74, 6) is 6.76. The second-order valence-corrected chi connectivity index (χ2v) is 3.19. The molecule has 0 radical (unpaired) electrons. The molecule has 0 spiro atoms. The van der Waals surface area contributed by atoms with Gasteiger partial charge in [-0.05, 0) is 0 Å². The molecule has 2 heterocycles. The van der Waals surface area contributed by atoms with Crippen molar-refractivity contribution in [2.45, 2.75) is 6.04 Å². The van der Waals surface area contributed by atoms with E-state index in [2.05, 4.69) is 25.7 Å². The average molecular weight is 223 g/mol. The van der Waals surface area contributed by atoms with E-state index in [9.17, 15) is 0 Å². The van der Waals surface area contributed by atoms with Crippen molar-refractivity contribution in [2.75, 3.05) is 7.11 Å². The molecule has 4 N–H and O–H groups in total. The van der Waals surface area contributed by atoms with Crippen LogP contribution in [0, 0.1) is 0 Å². The van der Waals surface area contributed by atoms with Crippen LogP contribution < -0.4 is 16.0 Å². The first-order valence-electron chi connectivity index (χ1n) is 4.65. The number of H-pyrrole nitrogens is 1. The van der Waals surface area contributed by atoms with Crippen molar-refractivity contribution in [3.63, 3.8) is 0 Å². The second kappa shape index (κ2) is 4.29. The fourth-order valence-corrected chi connectivity index (χ4v) is 1.55. The van der Waals surface area contributed by atoms with Crippen LogP contribution >= 0.6 is 0 Å². The first-order chi connectivity index (χ1) is 7.77. The smallest absolute Gasteiger partial charge is 0.162 e. The van der Waals surface area contributed by atoms with Crippen molar-refractivity contribution in [3.05, 3.63) is 24.0 Å². The van der Waals surface area contributed by atoms with Crippen LogP contribution in [0.15, 0.2) is 12.5 Å². The van der Waals surface area contributed by atoms with E-state index in [1.54, 1.807) is 25.0 Å². The third-order valence-corrected chi connectivity index (χ3v) is 2.32. The average Bonchev–Trinajstić information content (AvgIpc) is 2.91. The van der Waals surface area contributed by atoms with Crippen LogP contribution in [0.3, 0.4) is 0 Å². The first-order valence-corrected chi connectivity index (χ1v) is 4.65. The number of rotatable bonds is 4. The fourth-order valence-electron chi connectivity index (χ4n) is 1.55. The van der Waals surface area contributed by atoms with Crippen molar-refractivity contribution in [2.24, 2.45) is 12.9 Å². The highest BCUT2D eigenvalue weighted by atomic mass is 16.5. The number of hydrogen-bond acceptors (Lipinski definition) is 6. The maximum atomic E-state index is 5.51. The van der Waals surface area contributed by atoms with E-state index >= 15 is 0 Å². The summed E-state index contributed by atoms with van der Waals surface area (Å²) in [6, 6.07) is -0.343. The zero-order chi connectivity index (χ0) is 11.5. The molecule has 86 valence electrons. The Morgan fingerprint density at radius 1 is 1.62 bits per heavy atom. The Kier molecular flexibility index (Phi) is 2.84. The maximum absolute atomic E-state index is 5.51. The molecule has 0 aliphatic carbocycles. The number of nitrogens with two attached hydrogens (primary N) is 1. The van der Waals surface area contributed by atoms with Gasteiger partial charge < -0.3 is 4.74 Å². The van der Waals surface area contributed by atoms with Crippen molar-refractivity contribution in [1.29, 1.82) is 0 Å². The molecule has 1 unspecified atom stereocenters. The van der Waals surface area contributed by atoms with Gasteiger partial charge in [0.05, 0.1) is 13.3 Å². The minimum absolute atomic E-state index is 0.343. The van der Waals surface area contributed by atoms with Gasteiger partial charge in [-0.2, -0.15) is 10.2 Å². The lowest BCUT2D eigenvalue weighted by atomic mass is 10.2. The van der Waals surface area contributed by atoms with E-state index in [1.807, 2.05) is 0 Å². The van der Waals surface area contributed by atoms with Gasteiger partial charge in [-0.3, -0.25) is 15.6 Å². The van der Waals surface area contributed by atoms with Gasteiger partial charge in [0.15, 0.2) is 5.75 Å². The highest BCUT2D eigenvalue weighted by Gasteiger charge is 2.23. The second-order valence-electron chi connectivity index (χ2n) is 3.19. The van der Waals surface area contributed by atoms with E-state index in [4.69, 9.17) is 10.6 Å². The third-order valence-electron chi connectivity index (χ3n) is 2.32. The summed E-state index contributed by atoms with van der Waals surface area (Å²) in [6.07, 6.45) is 3.04. The Bertz CT molecular complexity index is 449. The van der Waals surface area contributed by atoms with Crippen molar-refractivity contribution in [3.8, 4) is 5.75 Å². The summed E-state index contributed by atoms with van der Waals surface area (Å²) in [5.41, 5.74) is 3.43. The molecule has 8 heteroatoms. The van der Waals surface area contributed by atoms with Gasteiger partial charge in [0, 0.05) is 7.05 Å². The molecule has 0 fully saturated rings. The molecule has 0 saturated heterocycles. The number of hydrazine groups is 1. The molecular weight excluding hydrogens is 210 g/mol. The lowest BCUT2D eigenvalue weighted by Gasteiger charge is -2.14. The van der Waals surface area contributed by atoms with Gasteiger partial charge in [0.1, 0.15) is 23.9 Å². The monoisotopic (exact) mass is 223 g/mol. The van der Waals surface area contributed by atoms with Crippen LogP contribution in [0.5, 0.6) is 5.75 Å². The first kappa shape index (κ1) is 10.6. The van der Waals surface area contributed by atoms with E-state index in [0.29, 0.717) is 11.6 Å². The van der Waals surface area contributed by atoms with Gasteiger partial charge in [-0.1, -0.05) is 0 Å². The van der Waals surface area contributed by atoms with E-state index in [1.165, 1.54) is 6.33 Å². The van der Waals surface area contributed by atoms with Gasteiger partial charge in [-0.15, -0.1) is 0 Å². The Morgan fingerprint density at radius 2 is 2.44 bits per heavy atom. The van der Waals surface area contributed by atoms with Gasteiger partial charge in [0.2, 0.25) is 0 Å². The standard InChI is InChI=1S/C8H13N7O/c1-15-7(5(16-2)3-12-15)6(13-9)8-10-4-11-14-8/h3-4,6,13H,9H2,1-2H3,(H,10,11,14). The van der Waals surface area contributed by atoms with Gasteiger partial charge in [-0.25, -0.2) is 10.4 Å². The maximum Gasteiger partial charge on any atom is 0.162 e. The Hall–Kier alpha value is -1.93. The quantitative estimate of drug-likeness (QED) is 0.458. The highest BCUT2D eigenvalue weighted by molar-refractivity contribution is 5.31. The lowest BCUT2D eigenvalue weighted by Crippen LogP contribution is -2.31. The lowest BCUT2D eigenvalue weighted by molar-refractivity contribution is 0.399. The van der Waals surface area contributed by atoms with E-state index in [0.717, 1.165) is 5.69 Å². The minimum atomic E-state index is -0.343. The van der Waals surface area contributed by atoms with Crippen molar-refractivity contribution in [1.82, 2.24) is 30.4 Å². The number of methoxy groups -OCH3 is 1. The predicted molar refractivity (Wildman–Crippen MR) is 55.3 cm³/mol. The molecule has 2 rings (SSSR count). The Balaban J connectivity index is 2.44. The third kappa shape index (κ3) is 1.64. The molecule has 1 atom stereocenters. The predicted octanol–water partition coefficient (Wildman–Crippen LogP) is -0.900. The van der Waals surface area contributed by atoms with Crippen LogP contribution in [0.2, 0.25) is 0 Å². The van der Waals surface area contributed by atoms with E-state index in [-0.39, 0.29) is 6.04 Å². The zero-order valence-electron chi connectivity index (χ0n) is 9.01. The van der Waals surface area contributed by atoms with Crippen LogP contribution in [-0.2, 0) is 7.05 Å². The molecule has 0 aromatic carbocycles. The number of aromatic nitrogens is 5. The molecule has 2 aromatic rings. The summed E-state index contributed by atoms with van der Waals surface area (Å²) >= 11 is 0. The summed E-state index contributed by atoms with van der Waals surface area (Å²) in [4.78, 5) is 4.05.